The van der Waals surface area contributed by atoms with Gasteiger partial charge in [-0.3, -0.25) is 9.59 Å². The molecule has 1 rings (SSSR count). The molecule has 2 unspecified atom stereocenters. The van der Waals surface area contributed by atoms with Crippen LogP contribution in [0.5, 0.6) is 0 Å². The van der Waals surface area contributed by atoms with E-state index < -0.39 is 11.5 Å². The zero-order valence-corrected chi connectivity index (χ0v) is 12.2. The van der Waals surface area contributed by atoms with Gasteiger partial charge in [0.1, 0.15) is 6.04 Å². The molecule has 0 spiro atoms. The number of amides is 2. The quantitative estimate of drug-likeness (QED) is 0.818. The van der Waals surface area contributed by atoms with E-state index in [0.29, 0.717) is 6.04 Å². The summed E-state index contributed by atoms with van der Waals surface area (Å²) in [6.07, 6.45) is 3.31. The molecule has 1 saturated heterocycles. The number of likely N-dealkylation sites (tertiary alicyclic amines) is 1. The van der Waals surface area contributed by atoms with E-state index in [1.807, 2.05) is 25.7 Å². The molecule has 2 amide bonds. The highest BCUT2D eigenvalue weighted by atomic mass is 16.2. The molecule has 1 fully saturated rings. The molecule has 1 aliphatic rings. The molecule has 1 heterocycles. The number of nitrogens with zero attached hydrogens (tertiary/aromatic N) is 1. The van der Waals surface area contributed by atoms with E-state index in [-0.39, 0.29) is 11.8 Å². The van der Waals surface area contributed by atoms with Gasteiger partial charge in [-0.25, -0.2) is 0 Å². The van der Waals surface area contributed by atoms with Crippen molar-refractivity contribution in [2.75, 3.05) is 6.54 Å². The summed E-state index contributed by atoms with van der Waals surface area (Å²) in [6.45, 7) is 10.2. The first kappa shape index (κ1) is 15.0. The smallest absolute Gasteiger partial charge is 0.245 e. The minimum atomic E-state index is -0.456. The largest absolute Gasteiger partial charge is 0.344 e. The second kappa shape index (κ2) is 5.72. The lowest BCUT2D eigenvalue weighted by Gasteiger charge is -2.35. The Morgan fingerprint density at radius 2 is 1.89 bits per heavy atom. The van der Waals surface area contributed by atoms with Crippen molar-refractivity contribution in [3.05, 3.63) is 0 Å². The van der Waals surface area contributed by atoms with Gasteiger partial charge in [-0.15, -0.1) is 0 Å². The SMILES string of the molecule is CC(NC(=O)C(C)(C)C)C(=O)N1CCCCC1C. The predicted octanol–water partition coefficient (Wildman–Crippen LogP) is 1.94. The molecule has 1 N–H and O–H groups in total. The third-order valence-electron chi connectivity index (χ3n) is 3.49. The molecular weight excluding hydrogens is 228 g/mol. The van der Waals surface area contributed by atoms with E-state index in [1.165, 1.54) is 6.42 Å². The van der Waals surface area contributed by atoms with Crippen molar-refractivity contribution >= 4 is 11.8 Å². The number of rotatable bonds is 2. The molecule has 0 aromatic rings. The summed E-state index contributed by atoms with van der Waals surface area (Å²) in [4.78, 5) is 26.0. The van der Waals surface area contributed by atoms with Crippen molar-refractivity contribution in [1.29, 1.82) is 0 Å². The van der Waals surface area contributed by atoms with Crippen LogP contribution in [0.25, 0.3) is 0 Å². The van der Waals surface area contributed by atoms with E-state index in [1.54, 1.807) is 6.92 Å². The van der Waals surface area contributed by atoms with Gasteiger partial charge in [0, 0.05) is 18.0 Å². The average molecular weight is 254 g/mol. The molecule has 18 heavy (non-hydrogen) atoms. The second-order valence-electron chi connectivity index (χ2n) is 6.32. The molecule has 0 radical (unpaired) electrons. The maximum atomic E-state index is 12.3. The standard InChI is InChI=1S/C14H26N2O2/c1-10-8-6-7-9-16(10)12(17)11(2)15-13(18)14(3,4)5/h10-11H,6-9H2,1-5H3,(H,15,18). The van der Waals surface area contributed by atoms with Crippen LogP contribution in [0.4, 0.5) is 0 Å². The number of carbonyl (C=O) groups is 2. The lowest BCUT2D eigenvalue weighted by atomic mass is 9.95. The van der Waals surface area contributed by atoms with Crippen molar-refractivity contribution in [3.8, 4) is 0 Å². The normalized spacial score (nSPS) is 22.5. The molecule has 0 aliphatic carbocycles. The van der Waals surface area contributed by atoms with Crippen molar-refractivity contribution in [2.24, 2.45) is 5.41 Å². The van der Waals surface area contributed by atoms with E-state index in [4.69, 9.17) is 0 Å². The third kappa shape index (κ3) is 3.72. The lowest BCUT2D eigenvalue weighted by Crippen LogP contribution is -2.53. The van der Waals surface area contributed by atoms with Gasteiger partial charge >= 0.3 is 0 Å². The van der Waals surface area contributed by atoms with Crippen molar-refractivity contribution in [2.45, 2.75) is 66.0 Å². The van der Waals surface area contributed by atoms with E-state index in [2.05, 4.69) is 12.2 Å². The van der Waals surface area contributed by atoms with Crippen molar-refractivity contribution < 1.29 is 9.59 Å². The first-order valence-corrected chi connectivity index (χ1v) is 6.85. The molecule has 0 aromatic heterocycles. The van der Waals surface area contributed by atoms with Gasteiger partial charge in [0.2, 0.25) is 11.8 Å². The minimum absolute atomic E-state index is 0.0415. The Balaban J connectivity index is 2.58. The first-order valence-electron chi connectivity index (χ1n) is 6.85. The molecule has 4 heteroatoms. The first-order chi connectivity index (χ1) is 8.23. The Labute approximate surface area is 110 Å². The van der Waals surface area contributed by atoms with Gasteiger partial charge in [0.25, 0.3) is 0 Å². The van der Waals surface area contributed by atoms with Crippen LogP contribution in [-0.2, 0) is 9.59 Å². The molecule has 0 bridgehead atoms. The Morgan fingerprint density at radius 3 is 2.39 bits per heavy atom. The van der Waals surface area contributed by atoms with Crippen molar-refractivity contribution in [1.82, 2.24) is 10.2 Å². The highest BCUT2D eigenvalue weighted by Gasteiger charge is 2.30. The summed E-state index contributed by atoms with van der Waals surface area (Å²) in [6, 6.07) is -0.141. The number of hydrogen-bond donors (Lipinski definition) is 1. The number of piperidine rings is 1. The molecule has 0 aromatic carbocycles. The van der Waals surface area contributed by atoms with Crippen LogP contribution in [0.15, 0.2) is 0 Å². The fourth-order valence-electron chi connectivity index (χ4n) is 2.15. The summed E-state index contributed by atoms with van der Waals surface area (Å²) in [5.41, 5.74) is -0.456. The molecule has 2 atom stereocenters. The van der Waals surface area contributed by atoms with Crippen molar-refractivity contribution in [3.63, 3.8) is 0 Å². The number of carbonyl (C=O) groups excluding carboxylic acids is 2. The summed E-state index contributed by atoms with van der Waals surface area (Å²) < 4.78 is 0. The van der Waals surface area contributed by atoms with Crippen LogP contribution < -0.4 is 5.32 Å². The van der Waals surface area contributed by atoms with Crippen LogP contribution in [0.3, 0.4) is 0 Å². The topological polar surface area (TPSA) is 49.4 Å². The molecule has 104 valence electrons. The van der Waals surface area contributed by atoms with E-state index in [0.717, 1.165) is 19.4 Å². The second-order valence-corrected chi connectivity index (χ2v) is 6.32. The van der Waals surface area contributed by atoms with Gasteiger partial charge in [0.15, 0.2) is 0 Å². The molecular formula is C14H26N2O2. The monoisotopic (exact) mass is 254 g/mol. The third-order valence-corrected chi connectivity index (χ3v) is 3.49. The summed E-state index contributed by atoms with van der Waals surface area (Å²) in [7, 11) is 0. The highest BCUT2D eigenvalue weighted by molar-refractivity contribution is 5.89. The minimum Gasteiger partial charge on any atom is -0.344 e. The fraction of sp³-hybridized carbons (Fsp3) is 0.857. The van der Waals surface area contributed by atoms with Gasteiger partial charge in [-0.1, -0.05) is 20.8 Å². The van der Waals surface area contributed by atoms with Gasteiger partial charge < -0.3 is 10.2 Å². The molecule has 1 aliphatic heterocycles. The Bertz CT molecular complexity index is 320. The van der Waals surface area contributed by atoms with E-state index in [9.17, 15) is 9.59 Å². The highest BCUT2D eigenvalue weighted by Crippen LogP contribution is 2.18. The summed E-state index contributed by atoms with van der Waals surface area (Å²) in [5.74, 6) is -0.0344. The van der Waals surface area contributed by atoms with Crippen LogP contribution in [-0.4, -0.2) is 35.3 Å². The van der Waals surface area contributed by atoms with Crippen LogP contribution >= 0.6 is 0 Å². The molecule has 4 nitrogen and oxygen atoms in total. The summed E-state index contributed by atoms with van der Waals surface area (Å²) in [5, 5.41) is 2.81. The van der Waals surface area contributed by atoms with Crippen LogP contribution in [0, 0.1) is 5.41 Å². The molecule has 0 saturated carbocycles. The fourth-order valence-corrected chi connectivity index (χ4v) is 2.15. The maximum absolute atomic E-state index is 12.3. The average Bonchev–Trinajstić information content (AvgIpc) is 2.27. The number of nitrogens with one attached hydrogen (secondary N) is 1. The zero-order valence-electron chi connectivity index (χ0n) is 12.2. The van der Waals surface area contributed by atoms with E-state index >= 15 is 0 Å². The van der Waals surface area contributed by atoms with Gasteiger partial charge in [0.05, 0.1) is 0 Å². The Hall–Kier alpha value is -1.06. The lowest BCUT2D eigenvalue weighted by molar-refractivity contribution is -0.140. The summed E-state index contributed by atoms with van der Waals surface area (Å²) >= 11 is 0. The Morgan fingerprint density at radius 1 is 1.28 bits per heavy atom. The zero-order chi connectivity index (χ0) is 13.9. The Kier molecular flexibility index (Phi) is 4.77. The van der Waals surface area contributed by atoms with Gasteiger partial charge in [-0.2, -0.15) is 0 Å². The maximum Gasteiger partial charge on any atom is 0.245 e. The number of hydrogen-bond acceptors (Lipinski definition) is 2. The predicted molar refractivity (Wildman–Crippen MR) is 72.1 cm³/mol. The van der Waals surface area contributed by atoms with Crippen LogP contribution in [0.2, 0.25) is 0 Å². The van der Waals surface area contributed by atoms with Gasteiger partial charge in [-0.05, 0) is 33.1 Å². The van der Waals surface area contributed by atoms with Crippen LogP contribution in [0.1, 0.15) is 53.9 Å².